The highest BCUT2D eigenvalue weighted by molar-refractivity contribution is 5.84. The zero-order valence-corrected chi connectivity index (χ0v) is 22.9. The van der Waals surface area contributed by atoms with Gasteiger partial charge in [-0.25, -0.2) is 0 Å². The molecule has 8 unspecified atom stereocenters. The van der Waals surface area contributed by atoms with Gasteiger partial charge >= 0.3 is 0 Å². The first-order valence-corrected chi connectivity index (χ1v) is 14.5. The van der Waals surface area contributed by atoms with Crippen LogP contribution in [0, 0.1) is 39.9 Å². The van der Waals surface area contributed by atoms with Crippen LogP contribution in [0.4, 0.5) is 0 Å². The number of ketones is 1. The molecule has 1 spiro atoms. The molecule has 8 atom stereocenters. The second kappa shape index (κ2) is 8.38. The van der Waals surface area contributed by atoms with Crippen LogP contribution < -0.4 is 0 Å². The maximum atomic E-state index is 13.7. The fourth-order valence-corrected chi connectivity index (χ4v) is 10.4. The van der Waals surface area contributed by atoms with Crippen molar-refractivity contribution in [3.05, 3.63) is 11.6 Å². The normalized spacial score (nSPS) is 47.8. The van der Waals surface area contributed by atoms with Crippen LogP contribution >= 0.6 is 0 Å². The van der Waals surface area contributed by atoms with E-state index in [1.54, 1.807) is 12.5 Å². The molecule has 0 aromatic rings. The lowest BCUT2D eigenvalue weighted by molar-refractivity contribution is -0.171. The Morgan fingerprint density at radius 2 is 1.78 bits per heavy atom. The van der Waals surface area contributed by atoms with Crippen molar-refractivity contribution >= 4 is 11.7 Å². The molecule has 6 nitrogen and oxygen atoms in total. The predicted molar refractivity (Wildman–Crippen MR) is 138 cm³/mol. The number of nitrogens with zero attached hydrogens (tertiary/aromatic N) is 2. The van der Waals surface area contributed by atoms with Crippen LogP contribution in [-0.4, -0.2) is 78.6 Å². The highest BCUT2D eigenvalue weighted by atomic mass is 16.5. The van der Waals surface area contributed by atoms with Crippen molar-refractivity contribution in [2.45, 2.75) is 77.7 Å². The zero-order chi connectivity index (χ0) is 25.5. The first-order valence-electron chi connectivity index (χ1n) is 14.5. The number of carbonyl (C=O) groups excluding carboxylic acids is 2. The average Bonchev–Trinajstić information content (AvgIpc) is 3.43. The van der Waals surface area contributed by atoms with Gasteiger partial charge in [0.15, 0.2) is 0 Å². The number of fused-ring (bicyclic) bond motifs is 3. The van der Waals surface area contributed by atoms with Crippen LogP contribution in [0.1, 0.15) is 72.1 Å². The number of rotatable bonds is 5. The lowest BCUT2D eigenvalue weighted by Gasteiger charge is -2.63. The van der Waals surface area contributed by atoms with Crippen molar-refractivity contribution in [1.82, 2.24) is 9.80 Å². The minimum atomic E-state index is -0.551. The van der Waals surface area contributed by atoms with Crippen molar-refractivity contribution in [3.8, 4) is 0 Å². The number of ether oxygens (including phenoxy) is 1. The lowest BCUT2D eigenvalue weighted by Crippen LogP contribution is -2.60. The standard InChI is InChI=1S/C30H46N2O4/c1-20(33)32-13-11-31(12-14-32)18-26(34)25-8-7-23-24-6-5-21-15-27(2,35)9-10-29(21,19-36-4)30(24)17-22(30)16-28(23,25)3/h17,21,23-25,35H,5-16,18-19H2,1-4H3. The molecule has 6 heteroatoms. The third-order valence-corrected chi connectivity index (χ3v) is 12.1. The molecule has 1 saturated heterocycles. The number of Topliss-reactive ketones (excluding diaryl/α,β-unsaturated/α-hetero) is 1. The Morgan fingerprint density at radius 1 is 1.06 bits per heavy atom. The Balaban J connectivity index is 1.20. The first kappa shape index (κ1) is 25.1. The number of hydrogen-bond acceptors (Lipinski definition) is 5. The summed E-state index contributed by atoms with van der Waals surface area (Å²) in [6.07, 6.45) is 11.1. The van der Waals surface area contributed by atoms with Crippen molar-refractivity contribution in [1.29, 1.82) is 0 Å². The molecule has 1 N–H and O–H groups in total. The van der Waals surface area contributed by atoms with Gasteiger partial charge in [0, 0.05) is 57.0 Å². The minimum Gasteiger partial charge on any atom is -0.390 e. The molecule has 4 saturated carbocycles. The van der Waals surface area contributed by atoms with Gasteiger partial charge in [0.1, 0.15) is 5.78 Å². The number of piperazine rings is 1. The van der Waals surface area contributed by atoms with E-state index >= 15 is 0 Å². The van der Waals surface area contributed by atoms with E-state index in [0.717, 1.165) is 64.9 Å². The molecule has 1 aliphatic heterocycles. The number of allylic oxidation sites excluding steroid dienone is 2. The SMILES string of the molecule is COCC12CCC(C)(O)CC1CCC1C3CCC(C(=O)CN4CCN(C(C)=O)CC4)C3(C)CC3=CC312. The van der Waals surface area contributed by atoms with E-state index in [1.807, 2.05) is 18.9 Å². The summed E-state index contributed by atoms with van der Waals surface area (Å²) < 4.78 is 5.95. The van der Waals surface area contributed by atoms with E-state index in [-0.39, 0.29) is 28.1 Å². The second-order valence-corrected chi connectivity index (χ2v) is 13.9. The molecule has 0 aromatic heterocycles. The molecular formula is C30H46N2O4. The monoisotopic (exact) mass is 498 g/mol. The first-order chi connectivity index (χ1) is 17.1. The fraction of sp³-hybridized carbons (Fsp3) is 0.867. The van der Waals surface area contributed by atoms with Gasteiger partial charge in [0.25, 0.3) is 0 Å². The summed E-state index contributed by atoms with van der Waals surface area (Å²) in [5.41, 5.74) is 1.43. The Hall–Kier alpha value is -1.24. The number of carbonyl (C=O) groups is 2. The highest BCUT2D eigenvalue weighted by Crippen LogP contribution is 2.80. The zero-order valence-electron chi connectivity index (χ0n) is 22.9. The summed E-state index contributed by atoms with van der Waals surface area (Å²) >= 11 is 0. The van der Waals surface area contributed by atoms with Gasteiger partial charge in [-0.1, -0.05) is 18.6 Å². The molecule has 1 heterocycles. The molecule has 5 fully saturated rings. The van der Waals surface area contributed by atoms with Crippen LogP contribution in [0.25, 0.3) is 0 Å². The van der Waals surface area contributed by atoms with Gasteiger partial charge in [-0.15, -0.1) is 0 Å². The minimum absolute atomic E-state index is 0.0655. The number of amides is 1. The van der Waals surface area contributed by atoms with Crippen LogP contribution in [0.2, 0.25) is 0 Å². The maximum absolute atomic E-state index is 13.7. The molecular weight excluding hydrogens is 452 g/mol. The van der Waals surface area contributed by atoms with E-state index in [2.05, 4.69) is 17.9 Å². The van der Waals surface area contributed by atoms with Crippen molar-refractivity contribution in [3.63, 3.8) is 0 Å². The van der Waals surface area contributed by atoms with Gasteiger partial charge in [-0.05, 0) is 81.5 Å². The van der Waals surface area contributed by atoms with Gasteiger partial charge in [-0.3, -0.25) is 14.5 Å². The molecule has 0 radical (unpaired) electrons. The molecule has 36 heavy (non-hydrogen) atoms. The smallest absolute Gasteiger partial charge is 0.219 e. The highest BCUT2D eigenvalue weighted by Gasteiger charge is 2.75. The second-order valence-electron chi connectivity index (χ2n) is 13.9. The van der Waals surface area contributed by atoms with E-state index in [1.165, 1.54) is 19.3 Å². The van der Waals surface area contributed by atoms with Gasteiger partial charge < -0.3 is 14.7 Å². The summed E-state index contributed by atoms with van der Waals surface area (Å²) in [6.45, 7) is 10.5. The van der Waals surface area contributed by atoms with Crippen LogP contribution in [-0.2, 0) is 14.3 Å². The summed E-state index contributed by atoms with van der Waals surface area (Å²) in [7, 11) is 1.86. The maximum Gasteiger partial charge on any atom is 0.219 e. The van der Waals surface area contributed by atoms with Crippen molar-refractivity contribution in [2.75, 3.05) is 46.4 Å². The van der Waals surface area contributed by atoms with Crippen LogP contribution in [0.15, 0.2) is 11.6 Å². The molecule has 200 valence electrons. The summed E-state index contributed by atoms with van der Waals surface area (Å²) in [5.74, 6) is 2.45. The molecule has 6 rings (SSSR count). The molecule has 0 aromatic carbocycles. The van der Waals surface area contributed by atoms with E-state index in [4.69, 9.17) is 4.74 Å². The third-order valence-electron chi connectivity index (χ3n) is 12.1. The molecule has 0 bridgehead atoms. The fourth-order valence-electron chi connectivity index (χ4n) is 10.4. The predicted octanol–water partition coefficient (Wildman–Crippen LogP) is 3.68. The Kier molecular flexibility index (Phi) is 5.83. The van der Waals surface area contributed by atoms with Crippen molar-refractivity contribution in [2.24, 2.45) is 39.9 Å². The molecule has 6 aliphatic rings. The summed E-state index contributed by atoms with van der Waals surface area (Å²) in [4.78, 5) is 29.6. The van der Waals surface area contributed by atoms with Crippen LogP contribution in [0.5, 0.6) is 0 Å². The average molecular weight is 499 g/mol. The Labute approximate surface area is 216 Å². The number of methoxy groups -OCH3 is 1. The van der Waals surface area contributed by atoms with Crippen LogP contribution in [0.3, 0.4) is 0 Å². The molecule has 5 aliphatic carbocycles. The van der Waals surface area contributed by atoms with Gasteiger partial charge in [0.05, 0.1) is 18.8 Å². The number of hydrogen-bond donors (Lipinski definition) is 1. The number of aliphatic hydroxyl groups is 1. The summed E-state index contributed by atoms with van der Waals surface area (Å²) in [6, 6.07) is 0. The summed E-state index contributed by atoms with van der Waals surface area (Å²) in [5, 5.41) is 10.9. The molecule has 1 amide bonds. The van der Waals surface area contributed by atoms with Gasteiger partial charge in [-0.2, -0.15) is 0 Å². The quantitative estimate of drug-likeness (QED) is 0.586. The van der Waals surface area contributed by atoms with Crippen molar-refractivity contribution < 1.29 is 19.4 Å². The van der Waals surface area contributed by atoms with E-state index in [9.17, 15) is 14.7 Å². The Morgan fingerprint density at radius 3 is 2.47 bits per heavy atom. The third kappa shape index (κ3) is 3.46. The van der Waals surface area contributed by atoms with E-state index < -0.39 is 5.60 Å². The lowest BCUT2D eigenvalue weighted by atomic mass is 9.41. The van der Waals surface area contributed by atoms with Gasteiger partial charge in [0.2, 0.25) is 5.91 Å². The Bertz CT molecular complexity index is 968. The topological polar surface area (TPSA) is 70.1 Å². The largest absolute Gasteiger partial charge is 0.390 e. The van der Waals surface area contributed by atoms with E-state index in [0.29, 0.717) is 30.1 Å².